The summed E-state index contributed by atoms with van der Waals surface area (Å²) in [6.07, 6.45) is 0.336. The van der Waals surface area contributed by atoms with Crippen LogP contribution in [0.25, 0.3) is 0 Å². The van der Waals surface area contributed by atoms with E-state index in [-0.39, 0.29) is 25.0 Å². The number of halogens is 2. The van der Waals surface area contributed by atoms with Gasteiger partial charge in [-0.3, -0.25) is 9.59 Å². The van der Waals surface area contributed by atoms with Gasteiger partial charge in [0, 0.05) is 20.0 Å². The zero-order valence-electron chi connectivity index (χ0n) is 19.0. The summed E-state index contributed by atoms with van der Waals surface area (Å²) in [6, 6.07) is 21.0. The summed E-state index contributed by atoms with van der Waals surface area (Å²) in [7, 11) is 3.08. The van der Waals surface area contributed by atoms with Crippen molar-refractivity contribution in [2.45, 2.75) is 19.0 Å². The van der Waals surface area contributed by atoms with Crippen LogP contribution in [0.4, 0.5) is 0 Å². The molecule has 8 heteroatoms. The van der Waals surface area contributed by atoms with E-state index in [1.165, 1.54) is 12.0 Å². The van der Waals surface area contributed by atoms with Crippen molar-refractivity contribution in [3.05, 3.63) is 94.0 Å². The second-order valence-corrected chi connectivity index (χ2v) is 8.34. The van der Waals surface area contributed by atoms with Crippen LogP contribution in [0.15, 0.2) is 72.8 Å². The van der Waals surface area contributed by atoms with Gasteiger partial charge in [0.25, 0.3) is 5.91 Å². The number of carbonyl (C=O) groups excluding carboxylic acids is 2. The molecule has 0 heterocycles. The van der Waals surface area contributed by atoms with Crippen LogP contribution >= 0.6 is 23.2 Å². The Labute approximate surface area is 209 Å². The van der Waals surface area contributed by atoms with Crippen molar-refractivity contribution in [3.8, 4) is 11.5 Å². The summed E-state index contributed by atoms with van der Waals surface area (Å²) in [5.41, 5.74) is 1.66. The topological polar surface area (TPSA) is 67.9 Å². The average molecular weight is 501 g/mol. The van der Waals surface area contributed by atoms with Gasteiger partial charge >= 0.3 is 0 Å². The zero-order chi connectivity index (χ0) is 24.5. The molecule has 0 spiro atoms. The fourth-order valence-corrected chi connectivity index (χ4v) is 3.84. The summed E-state index contributed by atoms with van der Waals surface area (Å²) >= 11 is 12.3. The first kappa shape index (κ1) is 25.4. The van der Waals surface area contributed by atoms with E-state index < -0.39 is 6.04 Å². The Balaban J connectivity index is 1.90. The van der Waals surface area contributed by atoms with E-state index in [4.69, 9.17) is 32.7 Å². The van der Waals surface area contributed by atoms with Crippen molar-refractivity contribution in [3.63, 3.8) is 0 Å². The number of amides is 2. The lowest BCUT2D eigenvalue weighted by Crippen LogP contribution is -2.51. The molecule has 1 atom stereocenters. The van der Waals surface area contributed by atoms with E-state index in [1.54, 1.807) is 43.4 Å². The van der Waals surface area contributed by atoms with Gasteiger partial charge in [-0.2, -0.15) is 0 Å². The molecule has 3 rings (SSSR count). The third-order valence-corrected chi connectivity index (χ3v) is 6.01. The molecule has 0 aliphatic rings. The number of hydrogen-bond donors (Lipinski definition) is 1. The number of nitrogens with one attached hydrogen (secondary N) is 1. The van der Waals surface area contributed by atoms with Crippen LogP contribution in [0.5, 0.6) is 11.5 Å². The molecule has 34 heavy (non-hydrogen) atoms. The molecule has 6 nitrogen and oxygen atoms in total. The van der Waals surface area contributed by atoms with Crippen LogP contribution in [-0.2, 0) is 22.6 Å². The van der Waals surface area contributed by atoms with Crippen molar-refractivity contribution >= 4 is 35.0 Å². The van der Waals surface area contributed by atoms with Crippen LogP contribution < -0.4 is 14.8 Å². The Hall–Kier alpha value is -3.22. The van der Waals surface area contributed by atoms with Gasteiger partial charge < -0.3 is 19.7 Å². The molecule has 178 valence electrons. The maximum atomic E-state index is 13.4. The highest BCUT2D eigenvalue weighted by Gasteiger charge is 2.30. The number of hydrogen-bond acceptors (Lipinski definition) is 4. The SMILES string of the molecule is CNC(=O)[C@@H](Cc1ccccc1)N(Cc1ccc(Cl)c(Cl)c1)C(=O)COc1ccccc1OC. The summed E-state index contributed by atoms with van der Waals surface area (Å²) < 4.78 is 11.1. The third kappa shape index (κ3) is 6.65. The smallest absolute Gasteiger partial charge is 0.261 e. The first-order chi connectivity index (χ1) is 16.4. The Morgan fingerprint density at radius 1 is 0.912 bits per heavy atom. The quantitative estimate of drug-likeness (QED) is 0.435. The lowest BCUT2D eigenvalue weighted by Gasteiger charge is -2.31. The van der Waals surface area contributed by atoms with Crippen LogP contribution in [0.3, 0.4) is 0 Å². The van der Waals surface area contributed by atoms with Gasteiger partial charge in [-0.05, 0) is 35.4 Å². The van der Waals surface area contributed by atoms with Crippen LogP contribution in [0.2, 0.25) is 10.0 Å². The lowest BCUT2D eigenvalue weighted by atomic mass is 10.0. The monoisotopic (exact) mass is 500 g/mol. The largest absolute Gasteiger partial charge is 0.493 e. The summed E-state index contributed by atoms with van der Waals surface area (Å²) in [5, 5.41) is 3.46. The van der Waals surface area contributed by atoms with Gasteiger partial charge in [-0.25, -0.2) is 0 Å². The second kappa shape index (κ2) is 12.3. The van der Waals surface area contributed by atoms with Gasteiger partial charge in [-0.1, -0.05) is 71.7 Å². The maximum absolute atomic E-state index is 13.4. The van der Waals surface area contributed by atoms with Crippen molar-refractivity contribution in [2.24, 2.45) is 0 Å². The predicted molar refractivity (Wildman–Crippen MR) is 134 cm³/mol. The molecule has 0 aliphatic heterocycles. The van der Waals surface area contributed by atoms with E-state index in [2.05, 4.69) is 5.32 Å². The number of para-hydroxylation sites is 2. The Bertz CT molecular complexity index is 1120. The first-order valence-corrected chi connectivity index (χ1v) is 11.4. The van der Waals surface area contributed by atoms with Gasteiger partial charge in [0.05, 0.1) is 17.2 Å². The molecule has 0 unspecified atom stereocenters. The zero-order valence-corrected chi connectivity index (χ0v) is 20.5. The molecule has 0 fully saturated rings. The average Bonchev–Trinajstić information content (AvgIpc) is 2.87. The summed E-state index contributed by atoms with van der Waals surface area (Å²) in [5.74, 6) is 0.307. The first-order valence-electron chi connectivity index (χ1n) is 10.7. The molecule has 0 saturated heterocycles. The molecule has 0 radical (unpaired) electrons. The highest BCUT2D eigenvalue weighted by atomic mass is 35.5. The Kier molecular flexibility index (Phi) is 9.19. The molecular formula is C26H26Cl2N2O4. The summed E-state index contributed by atoms with van der Waals surface area (Å²) in [4.78, 5) is 27.9. The Morgan fingerprint density at radius 3 is 2.24 bits per heavy atom. The molecule has 0 saturated carbocycles. The number of likely N-dealkylation sites (N-methyl/N-ethyl adjacent to an activating group) is 1. The fraction of sp³-hybridized carbons (Fsp3) is 0.231. The maximum Gasteiger partial charge on any atom is 0.261 e. The number of ether oxygens (including phenoxy) is 2. The van der Waals surface area contributed by atoms with Crippen molar-refractivity contribution < 1.29 is 19.1 Å². The van der Waals surface area contributed by atoms with Crippen LogP contribution in [0, 0.1) is 0 Å². The predicted octanol–water partition coefficient (Wildman–Crippen LogP) is 4.77. The van der Waals surface area contributed by atoms with E-state index in [1.807, 2.05) is 36.4 Å². The molecule has 0 aliphatic carbocycles. The second-order valence-electron chi connectivity index (χ2n) is 7.53. The van der Waals surface area contributed by atoms with E-state index in [0.717, 1.165) is 11.1 Å². The fourth-order valence-electron chi connectivity index (χ4n) is 3.52. The number of carbonyl (C=O) groups is 2. The molecule has 0 bridgehead atoms. The standard InChI is InChI=1S/C26H26Cl2N2O4/c1-29-26(32)22(15-18-8-4-3-5-9-18)30(16-19-12-13-20(27)21(28)14-19)25(31)17-34-24-11-7-6-10-23(24)33-2/h3-14,22H,15-17H2,1-2H3,(H,29,32)/t22-/m1/s1. The van der Waals surface area contributed by atoms with E-state index >= 15 is 0 Å². The number of rotatable bonds is 10. The molecule has 3 aromatic rings. The van der Waals surface area contributed by atoms with Gasteiger partial charge in [0.15, 0.2) is 18.1 Å². The van der Waals surface area contributed by atoms with Crippen LogP contribution in [0.1, 0.15) is 11.1 Å². The number of methoxy groups -OCH3 is 1. The van der Waals surface area contributed by atoms with Gasteiger partial charge in [-0.15, -0.1) is 0 Å². The van der Waals surface area contributed by atoms with Gasteiger partial charge in [0.1, 0.15) is 6.04 Å². The third-order valence-electron chi connectivity index (χ3n) is 5.27. The molecule has 1 N–H and O–H groups in total. The van der Waals surface area contributed by atoms with Crippen molar-refractivity contribution in [1.82, 2.24) is 10.2 Å². The molecule has 2 amide bonds. The molecule has 0 aromatic heterocycles. The highest BCUT2D eigenvalue weighted by Crippen LogP contribution is 2.27. The van der Waals surface area contributed by atoms with E-state index in [0.29, 0.717) is 28.0 Å². The Morgan fingerprint density at radius 2 is 1.59 bits per heavy atom. The minimum absolute atomic E-state index is 0.149. The number of nitrogens with zero attached hydrogens (tertiary/aromatic N) is 1. The van der Waals surface area contributed by atoms with Crippen molar-refractivity contribution in [1.29, 1.82) is 0 Å². The summed E-state index contributed by atoms with van der Waals surface area (Å²) in [6.45, 7) is -0.125. The molecular weight excluding hydrogens is 475 g/mol. The minimum atomic E-state index is -0.768. The van der Waals surface area contributed by atoms with E-state index in [9.17, 15) is 9.59 Å². The number of benzene rings is 3. The molecule has 3 aromatic carbocycles. The lowest BCUT2D eigenvalue weighted by molar-refractivity contribution is -0.142. The normalized spacial score (nSPS) is 11.4. The van der Waals surface area contributed by atoms with Crippen LogP contribution in [-0.4, -0.2) is 43.5 Å². The highest BCUT2D eigenvalue weighted by molar-refractivity contribution is 6.42. The van der Waals surface area contributed by atoms with Crippen molar-refractivity contribution in [2.75, 3.05) is 20.8 Å². The van der Waals surface area contributed by atoms with Gasteiger partial charge in [0.2, 0.25) is 5.91 Å². The minimum Gasteiger partial charge on any atom is -0.493 e.